The number of anilines is 1. The van der Waals surface area contributed by atoms with Crippen molar-refractivity contribution in [2.24, 2.45) is 0 Å². The van der Waals surface area contributed by atoms with Crippen molar-refractivity contribution in [3.8, 4) is 5.75 Å². The van der Waals surface area contributed by atoms with Crippen LogP contribution in [0.4, 0.5) is 5.69 Å². The number of hydrogen-bond acceptors (Lipinski definition) is 4. The van der Waals surface area contributed by atoms with Gasteiger partial charge in [0.2, 0.25) is 0 Å². The summed E-state index contributed by atoms with van der Waals surface area (Å²) in [4.78, 5) is 0. The Bertz CT molecular complexity index is 427. The van der Waals surface area contributed by atoms with E-state index < -0.39 is 0 Å². The van der Waals surface area contributed by atoms with Gasteiger partial charge in [0.1, 0.15) is 5.75 Å². The second-order valence-electron chi connectivity index (χ2n) is 5.99. The van der Waals surface area contributed by atoms with Crippen molar-refractivity contribution >= 4 is 5.69 Å². The molecule has 0 bridgehead atoms. The van der Waals surface area contributed by atoms with E-state index in [9.17, 15) is 0 Å². The van der Waals surface area contributed by atoms with Gasteiger partial charge in [0.05, 0.1) is 6.61 Å². The normalized spacial score (nSPS) is 23.1. The predicted molar refractivity (Wildman–Crippen MR) is 85.0 cm³/mol. The third kappa shape index (κ3) is 4.61. The molecule has 21 heavy (non-hydrogen) atoms. The first-order valence-corrected chi connectivity index (χ1v) is 8.21. The Labute approximate surface area is 127 Å². The summed E-state index contributed by atoms with van der Waals surface area (Å²) < 4.78 is 11.3. The zero-order chi connectivity index (χ0) is 14.3. The molecular formula is C17H26N2O2. The van der Waals surface area contributed by atoms with Crippen LogP contribution in [-0.4, -0.2) is 38.4 Å². The first-order valence-electron chi connectivity index (χ1n) is 8.21. The minimum atomic E-state index is 0.525. The highest BCUT2D eigenvalue weighted by Gasteiger charge is 2.14. The van der Waals surface area contributed by atoms with E-state index in [1.165, 1.54) is 12.8 Å². The standard InChI is InChI=1S/C17H26N2O2/c1-3-16(19-15-6-10-20-11-7-15)13-17(5-1)21-12-8-14-4-2-9-18-14/h1,3,5,13-15,18-19H,2,4,6-12H2. The van der Waals surface area contributed by atoms with Crippen LogP contribution in [0, 0.1) is 0 Å². The van der Waals surface area contributed by atoms with E-state index in [-0.39, 0.29) is 0 Å². The Hall–Kier alpha value is -1.26. The molecule has 0 spiro atoms. The SMILES string of the molecule is c1cc(NC2CCOCC2)cc(OCCC2CCCN2)c1. The van der Waals surface area contributed by atoms with Crippen LogP contribution in [0.2, 0.25) is 0 Å². The van der Waals surface area contributed by atoms with Gasteiger partial charge in [0.25, 0.3) is 0 Å². The molecule has 3 rings (SSSR count). The van der Waals surface area contributed by atoms with Crippen molar-refractivity contribution in [2.45, 2.75) is 44.2 Å². The van der Waals surface area contributed by atoms with Gasteiger partial charge in [0, 0.05) is 37.1 Å². The number of hydrogen-bond donors (Lipinski definition) is 2. The summed E-state index contributed by atoms with van der Waals surface area (Å²) in [6, 6.07) is 9.49. The fourth-order valence-corrected chi connectivity index (χ4v) is 3.08. The van der Waals surface area contributed by atoms with Gasteiger partial charge in [-0.3, -0.25) is 0 Å². The van der Waals surface area contributed by atoms with Crippen LogP contribution < -0.4 is 15.4 Å². The molecule has 2 saturated heterocycles. The van der Waals surface area contributed by atoms with E-state index in [4.69, 9.17) is 9.47 Å². The highest BCUT2D eigenvalue weighted by molar-refractivity contribution is 5.48. The quantitative estimate of drug-likeness (QED) is 0.845. The molecule has 2 heterocycles. The lowest BCUT2D eigenvalue weighted by molar-refractivity contribution is 0.0904. The Morgan fingerprint density at radius 1 is 1.24 bits per heavy atom. The number of ether oxygens (including phenoxy) is 2. The van der Waals surface area contributed by atoms with Gasteiger partial charge in [-0.1, -0.05) is 6.07 Å². The first kappa shape index (κ1) is 14.7. The molecule has 1 aromatic carbocycles. The predicted octanol–water partition coefficient (Wildman–Crippen LogP) is 2.80. The zero-order valence-electron chi connectivity index (χ0n) is 12.6. The topological polar surface area (TPSA) is 42.5 Å². The van der Waals surface area contributed by atoms with Gasteiger partial charge in [-0.2, -0.15) is 0 Å². The lowest BCUT2D eigenvalue weighted by atomic mass is 10.1. The molecule has 0 aliphatic carbocycles. The molecule has 0 radical (unpaired) electrons. The Morgan fingerprint density at radius 3 is 2.95 bits per heavy atom. The van der Waals surface area contributed by atoms with E-state index in [0.717, 1.165) is 57.1 Å². The smallest absolute Gasteiger partial charge is 0.121 e. The fourth-order valence-electron chi connectivity index (χ4n) is 3.08. The Kier molecular flexibility index (Phi) is 5.35. The molecule has 1 atom stereocenters. The van der Waals surface area contributed by atoms with Gasteiger partial charge in [-0.15, -0.1) is 0 Å². The van der Waals surface area contributed by atoms with E-state index in [1.807, 2.05) is 6.07 Å². The number of nitrogens with one attached hydrogen (secondary N) is 2. The van der Waals surface area contributed by atoms with Crippen LogP contribution in [-0.2, 0) is 4.74 Å². The monoisotopic (exact) mass is 290 g/mol. The third-order valence-corrected chi connectivity index (χ3v) is 4.32. The average molecular weight is 290 g/mol. The maximum absolute atomic E-state index is 5.89. The summed E-state index contributed by atoms with van der Waals surface area (Å²) >= 11 is 0. The summed E-state index contributed by atoms with van der Waals surface area (Å²) in [5.74, 6) is 0.963. The summed E-state index contributed by atoms with van der Waals surface area (Å²) in [5.41, 5.74) is 1.15. The minimum Gasteiger partial charge on any atom is -0.493 e. The number of benzene rings is 1. The van der Waals surface area contributed by atoms with Crippen LogP contribution in [0.1, 0.15) is 32.1 Å². The van der Waals surface area contributed by atoms with Gasteiger partial charge >= 0.3 is 0 Å². The van der Waals surface area contributed by atoms with Crippen molar-refractivity contribution in [2.75, 3.05) is 31.7 Å². The van der Waals surface area contributed by atoms with Crippen molar-refractivity contribution in [3.63, 3.8) is 0 Å². The molecule has 0 amide bonds. The van der Waals surface area contributed by atoms with Gasteiger partial charge < -0.3 is 20.1 Å². The summed E-state index contributed by atoms with van der Waals surface area (Å²) in [6.45, 7) is 3.68. The largest absolute Gasteiger partial charge is 0.493 e. The Balaban J connectivity index is 1.45. The van der Waals surface area contributed by atoms with Crippen molar-refractivity contribution in [1.82, 2.24) is 5.32 Å². The van der Waals surface area contributed by atoms with E-state index >= 15 is 0 Å². The van der Waals surface area contributed by atoms with Crippen LogP contribution in [0.5, 0.6) is 5.75 Å². The van der Waals surface area contributed by atoms with E-state index in [2.05, 4.69) is 28.8 Å². The maximum Gasteiger partial charge on any atom is 0.121 e. The van der Waals surface area contributed by atoms with Gasteiger partial charge in [0.15, 0.2) is 0 Å². The molecule has 0 saturated carbocycles. The summed E-state index contributed by atoms with van der Waals surface area (Å²) in [5, 5.41) is 7.08. The molecule has 0 aromatic heterocycles. The maximum atomic E-state index is 5.89. The van der Waals surface area contributed by atoms with E-state index in [1.54, 1.807) is 0 Å². The van der Waals surface area contributed by atoms with Crippen molar-refractivity contribution in [1.29, 1.82) is 0 Å². The molecule has 4 heteroatoms. The van der Waals surface area contributed by atoms with Gasteiger partial charge in [-0.25, -0.2) is 0 Å². The first-order chi connectivity index (χ1) is 10.4. The molecule has 116 valence electrons. The highest BCUT2D eigenvalue weighted by Crippen LogP contribution is 2.21. The van der Waals surface area contributed by atoms with Crippen LogP contribution in [0.3, 0.4) is 0 Å². The minimum absolute atomic E-state index is 0.525. The number of rotatable bonds is 6. The molecule has 2 N–H and O–H groups in total. The van der Waals surface area contributed by atoms with Crippen LogP contribution in [0.25, 0.3) is 0 Å². The van der Waals surface area contributed by atoms with Crippen molar-refractivity contribution in [3.05, 3.63) is 24.3 Å². The van der Waals surface area contributed by atoms with Crippen LogP contribution >= 0.6 is 0 Å². The Morgan fingerprint density at radius 2 is 2.14 bits per heavy atom. The lowest BCUT2D eigenvalue weighted by Gasteiger charge is -2.24. The lowest BCUT2D eigenvalue weighted by Crippen LogP contribution is -2.27. The molecule has 2 aliphatic heterocycles. The molecule has 1 aromatic rings. The molecule has 1 unspecified atom stereocenters. The average Bonchev–Trinajstić information content (AvgIpc) is 3.02. The second-order valence-corrected chi connectivity index (χ2v) is 5.99. The van der Waals surface area contributed by atoms with Crippen molar-refractivity contribution < 1.29 is 9.47 Å². The third-order valence-electron chi connectivity index (χ3n) is 4.32. The molecule has 2 aliphatic rings. The molecule has 2 fully saturated rings. The summed E-state index contributed by atoms with van der Waals surface area (Å²) in [6.07, 6.45) is 5.85. The van der Waals surface area contributed by atoms with E-state index in [0.29, 0.717) is 12.1 Å². The van der Waals surface area contributed by atoms with Crippen LogP contribution in [0.15, 0.2) is 24.3 Å². The summed E-state index contributed by atoms with van der Waals surface area (Å²) in [7, 11) is 0. The zero-order valence-corrected chi connectivity index (χ0v) is 12.6. The second kappa shape index (κ2) is 7.66. The fraction of sp³-hybridized carbons (Fsp3) is 0.647. The molecule has 4 nitrogen and oxygen atoms in total. The molecular weight excluding hydrogens is 264 g/mol. The van der Waals surface area contributed by atoms with Gasteiger partial charge in [-0.05, 0) is 50.8 Å². The highest BCUT2D eigenvalue weighted by atomic mass is 16.5.